The van der Waals surface area contributed by atoms with Crippen molar-refractivity contribution >= 4 is 5.82 Å². The Balaban J connectivity index is 1.67. The van der Waals surface area contributed by atoms with Gasteiger partial charge in [0.05, 0.1) is 0 Å². The number of nitrogens with one attached hydrogen (secondary N) is 2. The maximum atomic E-state index is 11.6. The highest BCUT2D eigenvalue weighted by molar-refractivity contribution is 5.34. The number of rotatable bonds is 6. The van der Waals surface area contributed by atoms with Gasteiger partial charge in [-0.15, -0.1) is 0 Å². The van der Waals surface area contributed by atoms with Gasteiger partial charge >= 0.3 is 0 Å². The lowest BCUT2D eigenvalue weighted by molar-refractivity contribution is 0.485. The smallest absolute Gasteiger partial charge is 0.252 e. The highest BCUT2D eigenvalue weighted by Crippen LogP contribution is 2.49. The van der Waals surface area contributed by atoms with Crippen molar-refractivity contribution in [2.45, 2.75) is 51.4 Å². The molecule has 0 saturated heterocycles. The van der Waals surface area contributed by atoms with Crippen LogP contribution in [0.5, 0.6) is 0 Å². The first-order chi connectivity index (χ1) is 8.71. The Hall–Kier alpha value is -1.32. The predicted octanol–water partition coefficient (Wildman–Crippen LogP) is 2.64. The first-order valence-electron chi connectivity index (χ1n) is 7.06. The molecule has 0 aliphatic heterocycles. The van der Waals surface area contributed by atoms with Crippen molar-refractivity contribution in [3.05, 3.63) is 22.2 Å². The molecule has 1 aromatic heterocycles. The van der Waals surface area contributed by atoms with Crippen LogP contribution in [0.3, 0.4) is 0 Å². The largest absolute Gasteiger partial charge is 0.369 e. The molecule has 0 aromatic carbocycles. The molecular weight excluding hydrogens is 226 g/mol. The van der Waals surface area contributed by atoms with E-state index in [1.165, 1.54) is 25.7 Å². The molecule has 0 amide bonds. The van der Waals surface area contributed by atoms with Crippen LogP contribution in [0.25, 0.3) is 0 Å². The molecule has 1 heterocycles. The van der Waals surface area contributed by atoms with Gasteiger partial charge in [-0.1, -0.05) is 13.3 Å². The Morgan fingerprint density at radius 1 is 1.50 bits per heavy atom. The Labute approximate surface area is 107 Å². The zero-order valence-corrected chi connectivity index (χ0v) is 11.0. The Morgan fingerprint density at radius 3 is 2.89 bits per heavy atom. The molecule has 2 fully saturated rings. The highest BCUT2D eigenvalue weighted by atomic mass is 16.1. The minimum absolute atomic E-state index is 0.0326. The van der Waals surface area contributed by atoms with Crippen molar-refractivity contribution in [1.29, 1.82) is 0 Å². The van der Waals surface area contributed by atoms with E-state index < -0.39 is 0 Å². The predicted molar refractivity (Wildman–Crippen MR) is 71.9 cm³/mol. The minimum atomic E-state index is -0.0326. The van der Waals surface area contributed by atoms with Crippen LogP contribution in [0, 0.1) is 5.41 Å². The van der Waals surface area contributed by atoms with Crippen LogP contribution in [-0.2, 0) is 0 Å². The van der Waals surface area contributed by atoms with Gasteiger partial charge < -0.3 is 10.3 Å². The van der Waals surface area contributed by atoms with Crippen LogP contribution < -0.4 is 10.9 Å². The van der Waals surface area contributed by atoms with Gasteiger partial charge in [-0.2, -0.15) is 0 Å². The number of aromatic nitrogens is 2. The molecule has 2 aliphatic rings. The SMILES string of the molecule is CCCC1(CNc2cc(=O)[nH]c(C3CC3)n2)CC1. The standard InChI is InChI=1S/C14H21N3O/c1-2-5-14(6-7-14)9-15-11-8-12(18)17-13(16-11)10-3-4-10/h8,10H,2-7,9H2,1H3,(H2,15,16,17,18). The average molecular weight is 247 g/mol. The maximum Gasteiger partial charge on any atom is 0.252 e. The van der Waals surface area contributed by atoms with E-state index in [-0.39, 0.29) is 5.56 Å². The summed E-state index contributed by atoms with van der Waals surface area (Å²) in [5, 5.41) is 3.36. The van der Waals surface area contributed by atoms with E-state index in [9.17, 15) is 4.79 Å². The van der Waals surface area contributed by atoms with Crippen molar-refractivity contribution < 1.29 is 0 Å². The van der Waals surface area contributed by atoms with Crippen LogP contribution in [0.1, 0.15) is 57.2 Å². The molecule has 0 radical (unpaired) electrons. The Bertz CT molecular complexity index is 486. The number of H-pyrrole nitrogens is 1. The van der Waals surface area contributed by atoms with Gasteiger partial charge in [0.15, 0.2) is 0 Å². The summed E-state index contributed by atoms with van der Waals surface area (Å²) in [5.74, 6) is 2.11. The van der Waals surface area contributed by atoms with Crippen LogP contribution in [0.2, 0.25) is 0 Å². The molecule has 2 aliphatic carbocycles. The maximum absolute atomic E-state index is 11.6. The molecule has 0 unspecified atom stereocenters. The fourth-order valence-corrected chi connectivity index (χ4v) is 2.62. The first kappa shape index (κ1) is 11.8. The molecule has 1 aromatic rings. The van der Waals surface area contributed by atoms with E-state index >= 15 is 0 Å². The third-order valence-corrected chi connectivity index (χ3v) is 4.11. The number of hydrogen-bond donors (Lipinski definition) is 2. The molecular formula is C14H21N3O. The quantitative estimate of drug-likeness (QED) is 0.812. The fourth-order valence-electron chi connectivity index (χ4n) is 2.62. The van der Waals surface area contributed by atoms with E-state index in [0.29, 0.717) is 11.3 Å². The second kappa shape index (κ2) is 4.41. The van der Waals surface area contributed by atoms with Gasteiger partial charge in [0, 0.05) is 18.5 Å². The van der Waals surface area contributed by atoms with Crippen LogP contribution >= 0.6 is 0 Å². The highest BCUT2D eigenvalue weighted by Gasteiger charge is 2.41. The zero-order chi connectivity index (χ0) is 12.6. The summed E-state index contributed by atoms with van der Waals surface area (Å²) in [6.45, 7) is 3.19. The van der Waals surface area contributed by atoms with Gasteiger partial charge in [-0.05, 0) is 37.5 Å². The average Bonchev–Trinajstić information content (AvgIpc) is 3.22. The monoisotopic (exact) mass is 247 g/mol. The number of hydrogen-bond acceptors (Lipinski definition) is 3. The normalized spacial score (nSPS) is 20.7. The third-order valence-electron chi connectivity index (χ3n) is 4.11. The topological polar surface area (TPSA) is 57.8 Å². The van der Waals surface area contributed by atoms with Gasteiger partial charge in [-0.25, -0.2) is 4.98 Å². The Kier molecular flexibility index (Phi) is 2.88. The van der Waals surface area contributed by atoms with Crippen molar-refractivity contribution in [2.75, 3.05) is 11.9 Å². The lowest BCUT2D eigenvalue weighted by Crippen LogP contribution is -2.19. The summed E-state index contributed by atoms with van der Waals surface area (Å²) < 4.78 is 0. The zero-order valence-electron chi connectivity index (χ0n) is 11.0. The summed E-state index contributed by atoms with van der Waals surface area (Å²) >= 11 is 0. The number of anilines is 1. The molecule has 3 rings (SSSR count). The van der Waals surface area contributed by atoms with E-state index in [1.54, 1.807) is 6.07 Å². The fraction of sp³-hybridized carbons (Fsp3) is 0.714. The molecule has 2 N–H and O–H groups in total. The molecule has 98 valence electrons. The van der Waals surface area contributed by atoms with Crippen LogP contribution in [0.4, 0.5) is 5.82 Å². The van der Waals surface area contributed by atoms with Gasteiger partial charge in [-0.3, -0.25) is 4.79 Å². The molecule has 0 bridgehead atoms. The van der Waals surface area contributed by atoms with Crippen LogP contribution in [-0.4, -0.2) is 16.5 Å². The van der Waals surface area contributed by atoms with E-state index in [1.807, 2.05) is 0 Å². The molecule has 2 saturated carbocycles. The lowest BCUT2D eigenvalue weighted by Gasteiger charge is -2.15. The summed E-state index contributed by atoms with van der Waals surface area (Å²) in [6, 6.07) is 1.58. The van der Waals surface area contributed by atoms with Gasteiger partial charge in [0.2, 0.25) is 0 Å². The first-order valence-corrected chi connectivity index (χ1v) is 7.06. The molecule has 0 spiro atoms. The number of aromatic amines is 1. The van der Waals surface area contributed by atoms with Crippen molar-refractivity contribution in [2.24, 2.45) is 5.41 Å². The molecule has 4 heteroatoms. The second-order valence-corrected chi connectivity index (χ2v) is 5.89. The summed E-state index contributed by atoms with van der Waals surface area (Å²) in [6.07, 6.45) is 7.45. The van der Waals surface area contributed by atoms with Crippen molar-refractivity contribution in [1.82, 2.24) is 9.97 Å². The third kappa shape index (κ3) is 2.57. The molecule has 18 heavy (non-hydrogen) atoms. The minimum Gasteiger partial charge on any atom is -0.369 e. The van der Waals surface area contributed by atoms with E-state index in [0.717, 1.165) is 31.0 Å². The van der Waals surface area contributed by atoms with Gasteiger partial charge in [0.1, 0.15) is 11.6 Å². The Morgan fingerprint density at radius 2 is 2.28 bits per heavy atom. The van der Waals surface area contributed by atoms with Crippen molar-refractivity contribution in [3.63, 3.8) is 0 Å². The summed E-state index contributed by atoms with van der Waals surface area (Å²) in [4.78, 5) is 18.9. The number of nitrogens with zero attached hydrogens (tertiary/aromatic N) is 1. The summed E-state index contributed by atoms with van der Waals surface area (Å²) in [7, 11) is 0. The van der Waals surface area contributed by atoms with E-state index in [4.69, 9.17) is 0 Å². The summed E-state index contributed by atoms with van der Waals surface area (Å²) in [5.41, 5.74) is 0.452. The second-order valence-electron chi connectivity index (χ2n) is 5.89. The van der Waals surface area contributed by atoms with E-state index in [2.05, 4.69) is 22.2 Å². The van der Waals surface area contributed by atoms with Gasteiger partial charge in [0.25, 0.3) is 5.56 Å². The van der Waals surface area contributed by atoms with Crippen molar-refractivity contribution in [3.8, 4) is 0 Å². The lowest BCUT2D eigenvalue weighted by atomic mass is 10.0. The van der Waals surface area contributed by atoms with Crippen LogP contribution in [0.15, 0.2) is 10.9 Å². The molecule has 4 nitrogen and oxygen atoms in total. The molecule has 0 atom stereocenters.